The van der Waals surface area contributed by atoms with Gasteiger partial charge in [0.2, 0.25) is 0 Å². The molecule has 114 valence electrons. The van der Waals surface area contributed by atoms with Gasteiger partial charge >= 0.3 is 5.69 Å². The van der Waals surface area contributed by atoms with E-state index in [2.05, 4.69) is 23.7 Å². The Labute approximate surface area is 129 Å². The summed E-state index contributed by atoms with van der Waals surface area (Å²) < 4.78 is 1.84. The highest BCUT2D eigenvalue weighted by molar-refractivity contribution is 6.34. The van der Waals surface area contributed by atoms with Crippen LogP contribution >= 0.6 is 11.6 Å². The van der Waals surface area contributed by atoms with Crippen molar-refractivity contribution in [2.24, 2.45) is 0 Å². The number of piperidine rings is 1. The largest absolute Gasteiger partial charge is 0.326 e. The molecule has 0 radical (unpaired) electrons. The minimum atomic E-state index is -0.0626. The third-order valence-electron chi connectivity index (χ3n) is 4.49. The molecule has 1 unspecified atom stereocenters. The first kappa shape index (κ1) is 14.7. The summed E-state index contributed by atoms with van der Waals surface area (Å²) in [7, 11) is 0. The zero-order valence-corrected chi connectivity index (χ0v) is 13.4. The highest BCUT2D eigenvalue weighted by atomic mass is 35.5. The second kappa shape index (κ2) is 5.85. The Hall–Kier alpha value is -1.26. The summed E-state index contributed by atoms with van der Waals surface area (Å²) in [5, 5.41) is 0.604. The first-order valence-electron chi connectivity index (χ1n) is 7.70. The number of nitrogens with one attached hydrogen (secondary N) is 1. The molecule has 3 rings (SSSR count). The number of para-hydroxylation sites is 1. The molecule has 1 aromatic carbocycles. The molecule has 21 heavy (non-hydrogen) atoms. The van der Waals surface area contributed by atoms with E-state index in [4.69, 9.17) is 11.6 Å². The smallest absolute Gasteiger partial charge is 0.304 e. The number of imidazole rings is 1. The predicted octanol–water partition coefficient (Wildman–Crippen LogP) is 3.25. The molecule has 0 saturated carbocycles. The van der Waals surface area contributed by atoms with Crippen LogP contribution in [0.25, 0.3) is 11.0 Å². The summed E-state index contributed by atoms with van der Waals surface area (Å²) in [6.45, 7) is 6.32. The van der Waals surface area contributed by atoms with Gasteiger partial charge in [-0.05, 0) is 45.4 Å². The van der Waals surface area contributed by atoms with Crippen LogP contribution < -0.4 is 5.69 Å². The molecule has 1 fully saturated rings. The van der Waals surface area contributed by atoms with E-state index in [0.717, 1.165) is 30.5 Å². The molecule has 1 aliphatic heterocycles. The third kappa shape index (κ3) is 2.74. The van der Waals surface area contributed by atoms with Gasteiger partial charge in [-0.15, -0.1) is 0 Å². The minimum absolute atomic E-state index is 0.0626. The zero-order valence-electron chi connectivity index (χ0n) is 12.6. The number of fused-ring (bicyclic) bond motifs is 1. The van der Waals surface area contributed by atoms with E-state index < -0.39 is 0 Å². The lowest BCUT2D eigenvalue weighted by molar-refractivity contribution is 0.0993. The van der Waals surface area contributed by atoms with Crippen molar-refractivity contribution in [3.8, 4) is 0 Å². The molecule has 1 saturated heterocycles. The molecule has 1 N–H and O–H groups in total. The number of aromatic nitrogens is 2. The standard InChI is InChI=1S/C16H22ClN3O/c1-11(2)19-9-4-3-6-12(19)10-20-14-8-5-7-13(17)15(14)18-16(20)21/h5,7-8,11-12H,3-4,6,9-10H2,1-2H3,(H,18,21). The average Bonchev–Trinajstić information content (AvgIpc) is 2.78. The van der Waals surface area contributed by atoms with Gasteiger partial charge in [-0.3, -0.25) is 9.47 Å². The maximum absolute atomic E-state index is 12.3. The number of hydrogen-bond acceptors (Lipinski definition) is 2. The highest BCUT2D eigenvalue weighted by Gasteiger charge is 2.25. The fraction of sp³-hybridized carbons (Fsp3) is 0.562. The van der Waals surface area contributed by atoms with Crippen LogP contribution in [0.5, 0.6) is 0 Å². The normalized spacial score (nSPS) is 20.5. The van der Waals surface area contributed by atoms with E-state index in [-0.39, 0.29) is 5.69 Å². The monoisotopic (exact) mass is 307 g/mol. The molecule has 0 bridgehead atoms. The van der Waals surface area contributed by atoms with Gasteiger partial charge < -0.3 is 4.98 Å². The van der Waals surface area contributed by atoms with Gasteiger partial charge in [0.05, 0.1) is 16.1 Å². The number of halogens is 1. The number of nitrogens with zero attached hydrogens (tertiary/aromatic N) is 2. The lowest BCUT2D eigenvalue weighted by Crippen LogP contribution is -2.46. The minimum Gasteiger partial charge on any atom is -0.304 e. The fourth-order valence-corrected chi connectivity index (χ4v) is 3.65. The lowest BCUT2D eigenvalue weighted by Gasteiger charge is -2.38. The van der Waals surface area contributed by atoms with E-state index in [1.807, 2.05) is 22.8 Å². The maximum Gasteiger partial charge on any atom is 0.326 e. The predicted molar refractivity (Wildman–Crippen MR) is 87.0 cm³/mol. The summed E-state index contributed by atoms with van der Waals surface area (Å²) >= 11 is 6.17. The molecule has 5 heteroatoms. The molecule has 1 aliphatic rings. The van der Waals surface area contributed by atoms with Crippen molar-refractivity contribution in [1.82, 2.24) is 14.5 Å². The Kier molecular flexibility index (Phi) is 4.09. The number of likely N-dealkylation sites (tertiary alicyclic amines) is 1. The van der Waals surface area contributed by atoms with Gasteiger partial charge in [0.15, 0.2) is 0 Å². The summed E-state index contributed by atoms with van der Waals surface area (Å²) in [5.41, 5.74) is 1.59. The first-order chi connectivity index (χ1) is 10.1. The number of benzene rings is 1. The third-order valence-corrected chi connectivity index (χ3v) is 4.80. The van der Waals surface area contributed by atoms with Crippen molar-refractivity contribution in [2.45, 2.75) is 51.7 Å². The Balaban J connectivity index is 1.96. The molecular weight excluding hydrogens is 286 g/mol. The molecule has 2 heterocycles. The fourth-order valence-electron chi connectivity index (χ4n) is 3.44. The van der Waals surface area contributed by atoms with Crippen molar-refractivity contribution in [2.75, 3.05) is 6.54 Å². The van der Waals surface area contributed by atoms with Crippen LogP contribution in [0.4, 0.5) is 0 Å². The van der Waals surface area contributed by atoms with Crippen LogP contribution in [0, 0.1) is 0 Å². The van der Waals surface area contributed by atoms with Gasteiger partial charge in [0.25, 0.3) is 0 Å². The van der Waals surface area contributed by atoms with Crippen LogP contribution in [-0.4, -0.2) is 33.1 Å². The molecule has 0 aliphatic carbocycles. The van der Waals surface area contributed by atoms with Gasteiger partial charge in [-0.1, -0.05) is 24.1 Å². The van der Waals surface area contributed by atoms with Crippen molar-refractivity contribution < 1.29 is 0 Å². The molecule has 1 aromatic heterocycles. The molecule has 1 atom stereocenters. The van der Waals surface area contributed by atoms with Crippen LogP contribution in [0.2, 0.25) is 5.02 Å². The van der Waals surface area contributed by atoms with Crippen LogP contribution in [0.1, 0.15) is 33.1 Å². The Morgan fingerprint density at radius 3 is 2.95 bits per heavy atom. The Morgan fingerprint density at radius 1 is 1.38 bits per heavy atom. The van der Waals surface area contributed by atoms with Crippen LogP contribution in [0.15, 0.2) is 23.0 Å². The SMILES string of the molecule is CC(C)N1CCCCC1Cn1c(=O)[nH]c2c(Cl)cccc21. The molecular formula is C16H22ClN3O. The maximum atomic E-state index is 12.3. The van der Waals surface area contributed by atoms with E-state index in [1.165, 1.54) is 12.8 Å². The molecule has 0 spiro atoms. The van der Waals surface area contributed by atoms with E-state index in [1.54, 1.807) is 0 Å². The summed E-state index contributed by atoms with van der Waals surface area (Å²) in [5.74, 6) is 0. The zero-order chi connectivity index (χ0) is 15.0. The molecule has 0 amide bonds. The number of rotatable bonds is 3. The van der Waals surface area contributed by atoms with E-state index in [0.29, 0.717) is 17.1 Å². The van der Waals surface area contributed by atoms with Gasteiger partial charge in [-0.2, -0.15) is 0 Å². The topological polar surface area (TPSA) is 41.0 Å². The van der Waals surface area contributed by atoms with Crippen molar-refractivity contribution in [1.29, 1.82) is 0 Å². The summed E-state index contributed by atoms with van der Waals surface area (Å²) in [6.07, 6.45) is 3.65. The van der Waals surface area contributed by atoms with Gasteiger partial charge in [0, 0.05) is 18.6 Å². The second-order valence-electron chi connectivity index (χ2n) is 6.16. The summed E-state index contributed by atoms with van der Waals surface area (Å²) in [4.78, 5) is 17.7. The first-order valence-corrected chi connectivity index (χ1v) is 8.08. The Bertz CT molecular complexity index is 688. The van der Waals surface area contributed by atoms with Crippen LogP contribution in [-0.2, 0) is 6.54 Å². The van der Waals surface area contributed by atoms with E-state index in [9.17, 15) is 4.79 Å². The Morgan fingerprint density at radius 2 is 2.19 bits per heavy atom. The molecule has 4 nitrogen and oxygen atoms in total. The number of H-pyrrole nitrogens is 1. The quantitative estimate of drug-likeness (QED) is 0.945. The number of aromatic amines is 1. The van der Waals surface area contributed by atoms with Gasteiger partial charge in [-0.25, -0.2) is 4.79 Å². The van der Waals surface area contributed by atoms with Crippen LogP contribution in [0.3, 0.4) is 0 Å². The second-order valence-corrected chi connectivity index (χ2v) is 6.56. The summed E-state index contributed by atoms with van der Waals surface area (Å²) in [6, 6.07) is 6.61. The van der Waals surface area contributed by atoms with E-state index >= 15 is 0 Å². The lowest BCUT2D eigenvalue weighted by atomic mass is 10.0. The highest BCUT2D eigenvalue weighted by Crippen LogP contribution is 2.24. The molecule has 2 aromatic rings. The van der Waals surface area contributed by atoms with Crippen molar-refractivity contribution >= 4 is 22.6 Å². The van der Waals surface area contributed by atoms with Crippen molar-refractivity contribution in [3.63, 3.8) is 0 Å². The average molecular weight is 308 g/mol. The van der Waals surface area contributed by atoms with Gasteiger partial charge in [0.1, 0.15) is 0 Å². The number of hydrogen-bond donors (Lipinski definition) is 1. The van der Waals surface area contributed by atoms with Crippen molar-refractivity contribution in [3.05, 3.63) is 33.7 Å².